The number of rotatable bonds is 3. The Bertz CT molecular complexity index is 1560. The molecule has 3 atom stereocenters. The number of anilines is 1. The van der Waals surface area contributed by atoms with Crippen molar-refractivity contribution in [2.75, 3.05) is 18.9 Å². The minimum atomic E-state index is -1.76. The van der Waals surface area contributed by atoms with Gasteiger partial charge >= 0.3 is 0 Å². The van der Waals surface area contributed by atoms with Crippen LogP contribution in [0.1, 0.15) is 27.4 Å². The van der Waals surface area contributed by atoms with Gasteiger partial charge in [0.2, 0.25) is 0 Å². The lowest BCUT2D eigenvalue weighted by molar-refractivity contribution is -0.128. The molecule has 7 heteroatoms. The van der Waals surface area contributed by atoms with Crippen LogP contribution in [0.5, 0.6) is 0 Å². The maximum atomic E-state index is 14.7. The van der Waals surface area contributed by atoms with Crippen LogP contribution in [0.4, 0.5) is 5.69 Å². The van der Waals surface area contributed by atoms with E-state index in [1.807, 2.05) is 59.5 Å². The molecule has 35 heavy (non-hydrogen) atoms. The Kier molecular flexibility index (Phi) is 4.65. The molecule has 6 nitrogen and oxygen atoms in total. The minimum Gasteiger partial charge on any atom is -0.360 e. The number of ketones is 1. The normalized spacial score (nSPS) is 25.5. The van der Waals surface area contributed by atoms with E-state index in [2.05, 4.69) is 16.4 Å². The summed E-state index contributed by atoms with van der Waals surface area (Å²) in [5.74, 6) is -1.35. The highest BCUT2D eigenvalue weighted by Gasteiger charge is 2.74. The SMILES string of the molecule is CN1CC(c2ccccc2)C(C#N)(C(=O)c2c[nH]c3ccccc23)[C@]12C(=O)Nc1ccc(Cl)cc12. The van der Waals surface area contributed by atoms with E-state index in [9.17, 15) is 14.9 Å². The molecule has 1 fully saturated rings. The van der Waals surface area contributed by atoms with Gasteiger partial charge in [0, 0.05) is 51.4 Å². The molecule has 1 saturated heterocycles. The number of carbonyl (C=O) groups is 2. The number of hydrogen-bond donors (Lipinski definition) is 2. The quantitative estimate of drug-likeness (QED) is 0.400. The molecule has 4 aromatic rings. The van der Waals surface area contributed by atoms with Gasteiger partial charge in [0.1, 0.15) is 0 Å². The van der Waals surface area contributed by atoms with Crippen molar-refractivity contribution >= 4 is 39.9 Å². The van der Waals surface area contributed by atoms with Crippen molar-refractivity contribution in [3.63, 3.8) is 0 Å². The number of carbonyl (C=O) groups excluding carboxylic acids is 2. The predicted molar refractivity (Wildman–Crippen MR) is 134 cm³/mol. The van der Waals surface area contributed by atoms with Gasteiger partial charge in [0.15, 0.2) is 16.7 Å². The van der Waals surface area contributed by atoms with E-state index >= 15 is 0 Å². The molecule has 2 aliphatic heterocycles. The summed E-state index contributed by atoms with van der Waals surface area (Å²) in [6.07, 6.45) is 1.64. The van der Waals surface area contributed by atoms with E-state index in [0.717, 1.165) is 11.1 Å². The van der Waals surface area contributed by atoms with E-state index in [-0.39, 0.29) is 0 Å². The highest BCUT2D eigenvalue weighted by atomic mass is 35.5. The third-order valence-corrected chi connectivity index (χ3v) is 7.88. The lowest BCUT2D eigenvalue weighted by atomic mass is 9.58. The Hall–Kier alpha value is -3.92. The molecule has 0 aliphatic carbocycles. The number of Topliss-reactive ketones (excluding diaryl/α,β-unsaturated/α-hetero) is 1. The van der Waals surface area contributed by atoms with Crippen LogP contribution >= 0.6 is 11.6 Å². The Morgan fingerprint density at radius 1 is 1.11 bits per heavy atom. The molecule has 1 amide bonds. The number of benzene rings is 3. The summed E-state index contributed by atoms with van der Waals surface area (Å²) in [4.78, 5) is 33.7. The Balaban J connectivity index is 1.70. The molecular weight excluding hydrogens is 460 g/mol. The number of halogens is 1. The van der Waals surface area contributed by atoms with Crippen LogP contribution in [0.15, 0.2) is 79.0 Å². The van der Waals surface area contributed by atoms with Crippen LogP contribution in [0.2, 0.25) is 5.02 Å². The van der Waals surface area contributed by atoms with Gasteiger partial charge < -0.3 is 10.3 Å². The van der Waals surface area contributed by atoms with E-state index in [1.165, 1.54) is 0 Å². The summed E-state index contributed by atoms with van der Waals surface area (Å²) >= 11 is 6.40. The maximum absolute atomic E-state index is 14.7. The molecule has 0 saturated carbocycles. The van der Waals surface area contributed by atoms with E-state index in [4.69, 9.17) is 11.6 Å². The second kappa shape index (κ2) is 7.54. The van der Waals surface area contributed by atoms with Crippen LogP contribution in [0.3, 0.4) is 0 Å². The topological polar surface area (TPSA) is 89.0 Å². The minimum absolute atomic E-state index is 0.338. The van der Waals surface area contributed by atoms with E-state index in [1.54, 1.807) is 31.4 Å². The number of amides is 1. The van der Waals surface area contributed by atoms with Crippen LogP contribution in [-0.4, -0.2) is 35.2 Å². The summed E-state index contributed by atoms with van der Waals surface area (Å²) in [5, 5.41) is 15.1. The van der Waals surface area contributed by atoms with Crippen LogP contribution in [-0.2, 0) is 10.3 Å². The Morgan fingerprint density at radius 3 is 2.63 bits per heavy atom. The second-order valence-corrected chi connectivity index (χ2v) is 9.63. The van der Waals surface area contributed by atoms with Crippen molar-refractivity contribution in [2.45, 2.75) is 11.5 Å². The fourth-order valence-corrected chi connectivity index (χ4v) is 6.35. The van der Waals surface area contributed by atoms with Crippen LogP contribution in [0, 0.1) is 16.7 Å². The molecule has 2 aliphatic rings. The molecule has 3 heterocycles. The highest BCUT2D eigenvalue weighted by molar-refractivity contribution is 6.31. The van der Waals surface area contributed by atoms with Crippen LogP contribution < -0.4 is 5.32 Å². The number of fused-ring (bicyclic) bond motifs is 3. The number of aromatic nitrogens is 1. The lowest BCUT2D eigenvalue weighted by Gasteiger charge is -2.41. The largest absolute Gasteiger partial charge is 0.360 e. The fourth-order valence-electron chi connectivity index (χ4n) is 6.18. The molecule has 2 N–H and O–H groups in total. The summed E-state index contributed by atoms with van der Waals surface area (Å²) < 4.78 is 0. The molecule has 0 bridgehead atoms. The van der Waals surface area contributed by atoms with Gasteiger partial charge in [-0.05, 0) is 36.9 Å². The standard InChI is InChI=1S/C28H21ClN4O2/c1-33-15-22(17-7-3-2-4-8-17)27(16-30,25(34)20-14-31-23-10-6-5-9-19(20)23)28(33)21-13-18(29)11-12-24(21)32-26(28)35/h2-14,22,31H,15H2,1H3,(H,32,35)/t22?,27?,28-/m0/s1. The predicted octanol–water partition coefficient (Wildman–Crippen LogP) is 5.09. The number of nitrogens with one attached hydrogen (secondary N) is 2. The Labute approximate surface area is 207 Å². The molecular formula is C28H21ClN4O2. The summed E-state index contributed by atoms with van der Waals surface area (Å²) in [7, 11) is 1.80. The molecule has 6 rings (SSSR count). The number of H-pyrrole nitrogens is 1. The van der Waals surface area contributed by atoms with Gasteiger partial charge in [0.05, 0.1) is 6.07 Å². The average molecular weight is 481 g/mol. The first-order chi connectivity index (χ1) is 16.9. The zero-order chi connectivity index (χ0) is 24.4. The highest BCUT2D eigenvalue weighted by Crippen LogP contribution is 2.63. The number of aromatic amines is 1. The first-order valence-corrected chi connectivity index (χ1v) is 11.7. The van der Waals surface area contributed by atoms with Crippen molar-refractivity contribution < 1.29 is 9.59 Å². The van der Waals surface area contributed by atoms with Gasteiger partial charge in [-0.15, -0.1) is 0 Å². The number of hydrogen-bond acceptors (Lipinski definition) is 4. The lowest BCUT2D eigenvalue weighted by Crippen LogP contribution is -2.58. The number of nitrogens with zero attached hydrogens (tertiary/aromatic N) is 2. The number of para-hydroxylation sites is 1. The van der Waals surface area contributed by atoms with Crippen molar-refractivity contribution in [1.82, 2.24) is 9.88 Å². The van der Waals surface area contributed by atoms with E-state index < -0.39 is 28.6 Å². The van der Waals surface area contributed by atoms with Crippen molar-refractivity contribution in [2.24, 2.45) is 5.41 Å². The van der Waals surface area contributed by atoms with Gasteiger partial charge in [-0.1, -0.05) is 60.1 Å². The maximum Gasteiger partial charge on any atom is 0.251 e. The first kappa shape index (κ1) is 21.6. The summed E-state index contributed by atoms with van der Waals surface area (Å²) in [6.45, 7) is 0.338. The van der Waals surface area contributed by atoms with Gasteiger partial charge in [-0.25, -0.2) is 0 Å². The second-order valence-electron chi connectivity index (χ2n) is 9.20. The zero-order valence-electron chi connectivity index (χ0n) is 18.9. The van der Waals surface area contributed by atoms with E-state index in [0.29, 0.717) is 33.8 Å². The number of likely N-dealkylation sites (tertiary alicyclic amines) is 1. The van der Waals surface area contributed by atoms with Gasteiger partial charge in [0.25, 0.3) is 5.91 Å². The van der Waals surface area contributed by atoms with Crippen molar-refractivity contribution in [3.8, 4) is 6.07 Å². The average Bonchev–Trinajstić information content (AvgIpc) is 3.52. The third kappa shape index (κ3) is 2.62. The number of nitriles is 1. The van der Waals surface area contributed by atoms with Gasteiger partial charge in [-0.3, -0.25) is 14.5 Å². The molecule has 1 spiro atoms. The monoisotopic (exact) mass is 480 g/mol. The van der Waals surface area contributed by atoms with Crippen LogP contribution in [0.25, 0.3) is 10.9 Å². The van der Waals surface area contributed by atoms with Crippen molar-refractivity contribution in [1.29, 1.82) is 5.26 Å². The number of likely N-dealkylation sites (N-methyl/N-ethyl adjacent to an activating group) is 1. The smallest absolute Gasteiger partial charge is 0.251 e. The molecule has 172 valence electrons. The van der Waals surface area contributed by atoms with Crippen molar-refractivity contribution in [3.05, 3.63) is 101 Å². The Morgan fingerprint density at radius 2 is 1.86 bits per heavy atom. The summed E-state index contributed by atoms with van der Waals surface area (Å²) in [5.41, 5.74) is -0.196. The molecule has 0 radical (unpaired) electrons. The summed E-state index contributed by atoms with van der Waals surface area (Å²) in [6, 6.07) is 24.5. The molecule has 2 unspecified atom stereocenters. The fraction of sp³-hybridized carbons (Fsp3) is 0.179. The zero-order valence-corrected chi connectivity index (χ0v) is 19.6. The molecule has 3 aromatic carbocycles. The third-order valence-electron chi connectivity index (χ3n) is 7.64. The van der Waals surface area contributed by atoms with Gasteiger partial charge in [-0.2, -0.15) is 5.26 Å². The molecule has 1 aromatic heterocycles. The first-order valence-electron chi connectivity index (χ1n) is 11.3.